The van der Waals surface area contributed by atoms with Crippen LogP contribution in [0.25, 0.3) is 0 Å². The van der Waals surface area contributed by atoms with Gasteiger partial charge in [-0.05, 0) is 63.6 Å². The van der Waals surface area contributed by atoms with Crippen LogP contribution in [-0.2, 0) is 20.7 Å². The van der Waals surface area contributed by atoms with Gasteiger partial charge in [0, 0.05) is 32.5 Å². The molecule has 3 saturated heterocycles. The minimum atomic E-state index is -0.339. The smallest absolute Gasteiger partial charge is 0.312 e. The second-order valence-electron chi connectivity index (χ2n) is 9.09. The fourth-order valence-electron chi connectivity index (χ4n) is 5.19. The lowest BCUT2D eigenvalue weighted by Crippen LogP contribution is -2.45. The van der Waals surface area contributed by atoms with Gasteiger partial charge in [-0.1, -0.05) is 30.3 Å². The Labute approximate surface area is 174 Å². The fourth-order valence-corrected chi connectivity index (χ4v) is 5.19. The number of likely N-dealkylation sites (tertiary alicyclic amines) is 2. The highest BCUT2D eigenvalue weighted by atomic mass is 16.6. The van der Waals surface area contributed by atoms with Gasteiger partial charge in [0.2, 0.25) is 5.91 Å². The number of carbonyl (C=O) groups excluding carboxylic acids is 2. The zero-order valence-electron chi connectivity index (χ0n) is 17.5. The molecule has 1 aromatic rings. The van der Waals surface area contributed by atoms with Gasteiger partial charge in [0.05, 0.1) is 5.41 Å². The first kappa shape index (κ1) is 20.4. The predicted octanol–water partition coefficient (Wildman–Crippen LogP) is 3.42. The maximum Gasteiger partial charge on any atom is 0.312 e. The summed E-state index contributed by atoms with van der Waals surface area (Å²) in [5, 5.41) is 0. The van der Waals surface area contributed by atoms with Crippen LogP contribution in [0.2, 0.25) is 0 Å². The van der Waals surface area contributed by atoms with E-state index in [4.69, 9.17) is 4.74 Å². The minimum absolute atomic E-state index is 0.0170. The molecule has 1 amide bonds. The molecule has 5 nitrogen and oxygen atoms in total. The molecule has 3 heterocycles. The SMILES string of the molecule is O=C(CCCCc1ccccc1)N1CCC2(CC1)CC(CN1CCCC1)OC2=O. The number of cyclic esters (lactones) is 1. The Kier molecular flexibility index (Phi) is 6.53. The first-order valence-corrected chi connectivity index (χ1v) is 11.4. The van der Waals surface area contributed by atoms with E-state index in [1.54, 1.807) is 0 Å². The van der Waals surface area contributed by atoms with E-state index in [2.05, 4.69) is 29.2 Å². The highest BCUT2D eigenvalue weighted by molar-refractivity contribution is 5.80. The zero-order chi connectivity index (χ0) is 20.1. The van der Waals surface area contributed by atoms with Crippen LogP contribution in [0, 0.1) is 5.41 Å². The molecule has 0 aromatic heterocycles. The molecule has 3 aliphatic heterocycles. The van der Waals surface area contributed by atoms with Crippen molar-refractivity contribution in [3.63, 3.8) is 0 Å². The van der Waals surface area contributed by atoms with Crippen LogP contribution in [0.5, 0.6) is 0 Å². The van der Waals surface area contributed by atoms with E-state index < -0.39 is 0 Å². The molecule has 158 valence electrons. The van der Waals surface area contributed by atoms with E-state index in [9.17, 15) is 9.59 Å². The van der Waals surface area contributed by atoms with Crippen LogP contribution in [0.3, 0.4) is 0 Å². The molecule has 3 aliphatic rings. The average molecular weight is 399 g/mol. The molecule has 1 aromatic carbocycles. The van der Waals surface area contributed by atoms with Crippen molar-refractivity contribution in [3.8, 4) is 0 Å². The van der Waals surface area contributed by atoms with Gasteiger partial charge in [-0.25, -0.2) is 0 Å². The minimum Gasteiger partial charge on any atom is -0.461 e. The standard InChI is InChI=1S/C24H34N2O3/c27-22(11-5-4-10-20-8-2-1-3-9-20)26-16-12-24(13-17-26)18-21(29-23(24)28)19-25-14-6-7-15-25/h1-3,8-9,21H,4-7,10-19H2. The number of hydrogen-bond acceptors (Lipinski definition) is 4. The van der Waals surface area contributed by atoms with Crippen molar-refractivity contribution < 1.29 is 14.3 Å². The first-order valence-electron chi connectivity index (χ1n) is 11.4. The van der Waals surface area contributed by atoms with Crippen LogP contribution >= 0.6 is 0 Å². The number of esters is 1. The number of piperidine rings is 1. The number of carbonyl (C=O) groups is 2. The monoisotopic (exact) mass is 398 g/mol. The third-order valence-corrected chi connectivity index (χ3v) is 7.01. The number of unbranched alkanes of at least 4 members (excludes halogenated alkanes) is 1. The van der Waals surface area contributed by atoms with Crippen LogP contribution in [-0.4, -0.2) is 60.5 Å². The van der Waals surface area contributed by atoms with E-state index in [0.29, 0.717) is 19.5 Å². The molecule has 0 saturated carbocycles. The molecular weight excluding hydrogens is 364 g/mol. The maximum atomic E-state index is 12.6. The van der Waals surface area contributed by atoms with E-state index in [1.807, 2.05) is 11.0 Å². The lowest BCUT2D eigenvalue weighted by molar-refractivity contribution is -0.152. The van der Waals surface area contributed by atoms with Gasteiger partial charge in [-0.2, -0.15) is 0 Å². The summed E-state index contributed by atoms with van der Waals surface area (Å²) in [5.41, 5.74) is 0.997. The zero-order valence-corrected chi connectivity index (χ0v) is 17.5. The quantitative estimate of drug-likeness (QED) is 0.522. The van der Waals surface area contributed by atoms with Gasteiger partial charge in [-0.3, -0.25) is 14.5 Å². The van der Waals surface area contributed by atoms with Gasteiger partial charge >= 0.3 is 5.97 Å². The summed E-state index contributed by atoms with van der Waals surface area (Å²) in [5.74, 6) is 0.226. The Bertz CT molecular complexity index is 691. The summed E-state index contributed by atoms with van der Waals surface area (Å²) in [7, 11) is 0. The average Bonchev–Trinajstić information content (AvgIpc) is 3.35. The van der Waals surface area contributed by atoms with E-state index in [1.165, 1.54) is 18.4 Å². The molecule has 29 heavy (non-hydrogen) atoms. The summed E-state index contributed by atoms with van der Waals surface area (Å²) < 4.78 is 5.75. The predicted molar refractivity (Wildman–Crippen MR) is 112 cm³/mol. The molecule has 1 atom stereocenters. The van der Waals surface area contributed by atoms with Crippen LogP contribution in [0.15, 0.2) is 30.3 Å². The summed E-state index contributed by atoms with van der Waals surface area (Å²) >= 11 is 0. The number of nitrogens with zero attached hydrogens (tertiary/aromatic N) is 2. The second kappa shape index (κ2) is 9.29. The molecule has 0 N–H and O–H groups in total. The molecule has 0 bridgehead atoms. The molecule has 5 heteroatoms. The van der Waals surface area contributed by atoms with Gasteiger partial charge in [0.1, 0.15) is 6.10 Å². The summed E-state index contributed by atoms with van der Waals surface area (Å²) in [6.45, 7) is 4.55. The maximum absolute atomic E-state index is 12.6. The molecular formula is C24H34N2O3. The van der Waals surface area contributed by atoms with Crippen molar-refractivity contribution in [1.82, 2.24) is 9.80 Å². The van der Waals surface area contributed by atoms with E-state index in [-0.39, 0.29) is 23.4 Å². The van der Waals surface area contributed by atoms with Crippen molar-refractivity contribution in [3.05, 3.63) is 35.9 Å². The number of rotatable bonds is 7. The molecule has 0 radical (unpaired) electrons. The Balaban J connectivity index is 1.18. The highest BCUT2D eigenvalue weighted by Gasteiger charge is 2.51. The summed E-state index contributed by atoms with van der Waals surface area (Å²) in [6, 6.07) is 10.4. The molecule has 1 unspecified atom stereocenters. The first-order chi connectivity index (χ1) is 14.1. The van der Waals surface area contributed by atoms with Crippen molar-refractivity contribution in [1.29, 1.82) is 0 Å². The highest BCUT2D eigenvalue weighted by Crippen LogP contribution is 2.43. The fraction of sp³-hybridized carbons (Fsp3) is 0.667. The summed E-state index contributed by atoms with van der Waals surface area (Å²) in [6.07, 6.45) is 8.53. The van der Waals surface area contributed by atoms with Crippen molar-refractivity contribution in [2.75, 3.05) is 32.7 Å². The second-order valence-corrected chi connectivity index (χ2v) is 9.09. The normalized spacial score (nSPS) is 24.2. The van der Waals surface area contributed by atoms with Gasteiger partial charge < -0.3 is 9.64 Å². The lowest BCUT2D eigenvalue weighted by atomic mass is 9.76. The molecule has 4 rings (SSSR count). The van der Waals surface area contributed by atoms with Crippen LogP contribution in [0.4, 0.5) is 0 Å². The Morgan fingerprint density at radius 1 is 1.03 bits per heavy atom. The van der Waals surface area contributed by atoms with Gasteiger partial charge in [0.15, 0.2) is 0 Å². The Morgan fingerprint density at radius 3 is 2.48 bits per heavy atom. The van der Waals surface area contributed by atoms with Gasteiger partial charge in [0.25, 0.3) is 0 Å². The van der Waals surface area contributed by atoms with Crippen LogP contribution in [0.1, 0.15) is 56.9 Å². The molecule has 0 aliphatic carbocycles. The Morgan fingerprint density at radius 2 is 1.76 bits per heavy atom. The summed E-state index contributed by atoms with van der Waals surface area (Å²) in [4.78, 5) is 29.6. The number of benzene rings is 1. The van der Waals surface area contributed by atoms with Crippen molar-refractivity contribution >= 4 is 11.9 Å². The molecule has 3 fully saturated rings. The lowest BCUT2D eigenvalue weighted by Gasteiger charge is -2.36. The molecule has 1 spiro atoms. The Hall–Kier alpha value is -1.88. The third-order valence-electron chi connectivity index (χ3n) is 7.01. The van der Waals surface area contributed by atoms with Crippen LogP contribution < -0.4 is 0 Å². The largest absolute Gasteiger partial charge is 0.461 e. The number of hydrogen-bond donors (Lipinski definition) is 0. The number of aryl methyl sites for hydroxylation is 1. The van der Waals surface area contributed by atoms with Gasteiger partial charge in [-0.15, -0.1) is 0 Å². The van der Waals surface area contributed by atoms with E-state index in [0.717, 1.165) is 58.2 Å². The van der Waals surface area contributed by atoms with Crippen molar-refractivity contribution in [2.45, 2.75) is 63.9 Å². The van der Waals surface area contributed by atoms with E-state index >= 15 is 0 Å². The topological polar surface area (TPSA) is 49.9 Å². The number of amides is 1. The van der Waals surface area contributed by atoms with Crippen molar-refractivity contribution in [2.24, 2.45) is 5.41 Å². The third kappa shape index (κ3) is 5.00. The number of ether oxygens (including phenoxy) is 1.